The molecule has 1 aromatic carbocycles. The predicted molar refractivity (Wildman–Crippen MR) is 58.6 cm³/mol. The van der Waals surface area contributed by atoms with Crippen LogP contribution in [0, 0.1) is 11.3 Å². The Hall–Kier alpha value is -0.850. The molecule has 0 fully saturated rings. The lowest BCUT2D eigenvalue weighted by Crippen LogP contribution is -1.94. The van der Waals surface area contributed by atoms with Gasteiger partial charge in [-0.1, -0.05) is 28.1 Å². The maximum Gasteiger partial charge on any atom is 0.0717 e. The third-order valence-electron chi connectivity index (χ3n) is 1.74. The highest BCUT2D eigenvalue weighted by Crippen LogP contribution is 2.12. The average molecular weight is 254 g/mol. The standard InChI is InChI=1S/C11H12BrNO/c12-11-5-3-4-10(8-11)9-14-7-2-1-6-13/h3-5,8H,1-2,7,9H2. The van der Waals surface area contributed by atoms with Gasteiger partial charge in [0, 0.05) is 17.5 Å². The molecule has 0 saturated carbocycles. The predicted octanol–water partition coefficient (Wildman–Crippen LogP) is 3.27. The van der Waals surface area contributed by atoms with Crippen molar-refractivity contribution in [3.05, 3.63) is 34.3 Å². The summed E-state index contributed by atoms with van der Waals surface area (Å²) in [6.07, 6.45) is 1.38. The normalized spacial score (nSPS) is 9.71. The highest BCUT2D eigenvalue weighted by Gasteiger charge is 1.94. The molecule has 0 N–H and O–H groups in total. The third kappa shape index (κ3) is 4.40. The lowest BCUT2D eigenvalue weighted by atomic mass is 10.2. The van der Waals surface area contributed by atoms with Crippen LogP contribution >= 0.6 is 15.9 Å². The highest BCUT2D eigenvalue weighted by molar-refractivity contribution is 9.10. The molecule has 0 saturated heterocycles. The van der Waals surface area contributed by atoms with Crippen LogP contribution in [0.1, 0.15) is 18.4 Å². The molecule has 0 heterocycles. The summed E-state index contributed by atoms with van der Waals surface area (Å²) in [6.45, 7) is 1.27. The van der Waals surface area contributed by atoms with Gasteiger partial charge in [-0.15, -0.1) is 0 Å². The molecule has 14 heavy (non-hydrogen) atoms. The van der Waals surface area contributed by atoms with Crippen LogP contribution in [0.5, 0.6) is 0 Å². The van der Waals surface area contributed by atoms with Gasteiger partial charge in [-0.25, -0.2) is 0 Å². The summed E-state index contributed by atoms with van der Waals surface area (Å²) in [5.41, 5.74) is 1.15. The van der Waals surface area contributed by atoms with Crippen molar-refractivity contribution in [3.8, 4) is 6.07 Å². The molecule has 0 unspecified atom stereocenters. The lowest BCUT2D eigenvalue weighted by Gasteiger charge is -2.03. The van der Waals surface area contributed by atoms with Crippen molar-refractivity contribution >= 4 is 15.9 Å². The summed E-state index contributed by atoms with van der Waals surface area (Å²) in [7, 11) is 0. The topological polar surface area (TPSA) is 33.0 Å². The summed E-state index contributed by atoms with van der Waals surface area (Å²) in [6, 6.07) is 10.1. The Balaban J connectivity index is 2.22. The van der Waals surface area contributed by atoms with E-state index in [-0.39, 0.29) is 0 Å². The van der Waals surface area contributed by atoms with E-state index in [9.17, 15) is 0 Å². The fourth-order valence-corrected chi connectivity index (χ4v) is 1.52. The number of rotatable bonds is 5. The molecule has 74 valence electrons. The molecule has 0 amide bonds. The number of hydrogen-bond acceptors (Lipinski definition) is 2. The fourth-order valence-electron chi connectivity index (χ4n) is 1.07. The summed E-state index contributed by atoms with van der Waals surface area (Å²) in [5.74, 6) is 0. The van der Waals surface area contributed by atoms with Crippen molar-refractivity contribution in [3.63, 3.8) is 0 Å². The largest absolute Gasteiger partial charge is 0.377 e. The summed E-state index contributed by atoms with van der Waals surface area (Å²) >= 11 is 3.40. The van der Waals surface area contributed by atoms with E-state index in [1.165, 1.54) is 0 Å². The second kappa shape index (κ2) is 6.58. The van der Waals surface area contributed by atoms with E-state index < -0.39 is 0 Å². The Morgan fingerprint density at radius 2 is 2.29 bits per heavy atom. The number of unbranched alkanes of at least 4 members (excludes halogenated alkanes) is 1. The van der Waals surface area contributed by atoms with Crippen LogP contribution in [0.4, 0.5) is 0 Å². The van der Waals surface area contributed by atoms with Gasteiger partial charge in [0.1, 0.15) is 0 Å². The van der Waals surface area contributed by atoms with Crippen molar-refractivity contribution in [2.75, 3.05) is 6.61 Å². The number of benzene rings is 1. The zero-order chi connectivity index (χ0) is 10.2. The number of hydrogen-bond donors (Lipinski definition) is 0. The van der Waals surface area contributed by atoms with Crippen LogP contribution < -0.4 is 0 Å². The molecular weight excluding hydrogens is 242 g/mol. The molecule has 0 aliphatic heterocycles. The molecule has 0 bridgehead atoms. The Morgan fingerprint density at radius 3 is 3.00 bits per heavy atom. The first-order chi connectivity index (χ1) is 6.83. The van der Waals surface area contributed by atoms with Gasteiger partial charge in [-0.2, -0.15) is 5.26 Å². The van der Waals surface area contributed by atoms with Gasteiger partial charge in [0.2, 0.25) is 0 Å². The van der Waals surface area contributed by atoms with E-state index in [0.29, 0.717) is 19.6 Å². The van der Waals surface area contributed by atoms with E-state index in [4.69, 9.17) is 10.00 Å². The van der Waals surface area contributed by atoms with Crippen LogP contribution in [0.3, 0.4) is 0 Å². The molecule has 1 aromatic rings. The SMILES string of the molecule is N#CCCCOCc1cccc(Br)c1. The van der Waals surface area contributed by atoms with Crippen molar-refractivity contribution in [1.29, 1.82) is 5.26 Å². The molecule has 2 nitrogen and oxygen atoms in total. The zero-order valence-electron chi connectivity index (χ0n) is 7.87. The van der Waals surface area contributed by atoms with Crippen LogP contribution in [-0.4, -0.2) is 6.61 Å². The van der Waals surface area contributed by atoms with Gasteiger partial charge in [0.05, 0.1) is 12.7 Å². The van der Waals surface area contributed by atoms with Crippen LogP contribution in [0.2, 0.25) is 0 Å². The monoisotopic (exact) mass is 253 g/mol. The minimum absolute atomic E-state index is 0.568. The molecule has 0 radical (unpaired) electrons. The van der Waals surface area contributed by atoms with Crippen LogP contribution in [-0.2, 0) is 11.3 Å². The summed E-state index contributed by atoms with van der Waals surface area (Å²) in [4.78, 5) is 0. The minimum Gasteiger partial charge on any atom is -0.377 e. The maximum atomic E-state index is 8.31. The Labute approximate surface area is 92.6 Å². The average Bonchev–Trinajstić information content (AvgIpc) is 2.18. The first-order valence-electron chi connectivity index (χ1n) is 4.52. The molecule has 0 atom stereocenters. The second-order valence-corrected chi connectivity index (χ2v) is 3.86. The number of nitrogens with zero attached hydrogens (tertiary/aromatic N) is 1. The quantitative estimate of drug-likeness (QED) is 0.755. The fraction of sp³-hybridized carbons (Fsp3) is 0.364. The molecule has 0 spiro atoms. The molecule has 1 rings (SSSR count). The van der Waals surface area contributed by atoms with E-state index in [1.54, 1.807) is 0 Å². The number of nitriles is 1. The molecule has 0 aromatic heterocycles. The first kappa shape index (κ1) is 11.2. The Morgan fingerprint density at radius 1 is 1.43 bits per heavy atom. The summed E-state index contributed by atoms with van der Waals surface area (Å²) in [5, 5.41) is 8.31. The smallest absolute Gasteiger partial charge is 0.0717 e. The third-order valence-corrected chi connectivity index (χ3v) is 2.23. The summed E-state index contributed by atoms with van der Waals surface area (Å²) < 4.78 is 6.47. The van der Waals surface area contributed by atoms with E-state index in [0.717, 1.165) is 16.5 Å². The van der Waals surface area contributed by atoms with E-state index in [2.05, 4.69) is 22.0 Å². The van der Waals surface area contributed by atoms with Gasteiger partial charge in [-0.3, -0.25) is 0 Å². The molecule has 0 aliphatic carbocycles. The molecule has 3 heteroatoms. The van der Waals surface area contributed by atoms with Crippen molar-refractivity contribution in [2.24, 2.45) is 0 Å². The molecular formula is C11H12BrNO. The van der Waals surface area contributed by atoms with Gasteiger partial charge >= 0.3 is 0 Å². The first-order valence-corrected chi connectivity index (χ1v) is 5.31. The van der Waals surface area contributed by atoms with Crippen molar-refractivity contribution in [1.82, 2.24) is 0 Å². The van der Waals surface area contributed by atoms with E-state index >= 15 is 0 Å². The number of halogens is 1. The zero-order valence-corrected chi connectivity index (χ0v) is 9.46. The van der Waals surface area contributed by atoms with Gasteiger partial charge in [0.15, 0.2) is 0 Å². The maximum absolute atomic E-state index is 8.31. The van der Waals surface area contributed by atoms with Crippen LogP contribution in [0.15, 0.2) is 28.7 Å². The van der Waals surface area contributed by atoms with Crippen molar-refractivity contribution < 1.29 is 4.74 Å². The van der Waals surface area contributed by atoms with Gasteiger partial charge < -0.3 is 4.74 Å². The highest BCUT2D eigenvalue weighted by atomic mass is 79.9. The molecule has 0 aliphatic rings. The number of ether oxygens (including phenoxy) is 1. The van der Waals surface area contributed by atoms with E-state index in [1.807, 2.05) is 24.3 Å². The van der Waals surface area contributed by atoms with Gasteiger partial charge in [-0.05, 0) is 24.1 Å². The Bertz CT molecular complexity index is 319. The minimum atomic E-state index is 0.568. The second-order valence-electron chi connectivity index (χ2n) is 2.94. The van der Waals surface area contributed by atoms with Crippen molar-refractivity contribution in [2.45, 2.75) is 19.4 Å². The van der Waals surface area contributed by atoms with Gasteiger partial charge in [0.25, 0.3) is 0 Å². The Kier molecular flexibility index (Phi) is 5.28. The lowest BCUT2D eigenvalue weighted by molar-refractivity contribution is 0.119. The van der Waals surface area contributed by atoms with Crippen LogP contribution in [0.25, 0.3) is 0 Å².